The molecule has 0 aliphatic heterocycles. The van der Waals surface area contributed by atoms with Gasteiger partial charge < -0.3 is 14.2 Å². The first-order valence-corrected chi connectivity index (χ1v) is 6.88. The van der Waals surface area contributed by atoms with E-state index in [1.54, 1.807) is 0 Å². The van der Waals surface area contributed by atoms with E-state index in [4.69, 9.17) is 4.74 Å². The molecule has 0 N–H and O–H groups in total. The highest BCUT2D eigenvalue weighted by Gasteiger charge is 2.20. The quantitative estimate of drug-likeness (QED) is 0.786. The second-order valence-corrected chi connectivity index (χ2v) is 4.99. The molecule has 0 atom stereocenters. The predicted molar refractivity (Wildman–Crippen MR) is 79.8 cm³/mol. The average Bonchev–Trinajstić information content (AvgIpc) is 2.74. The van der Waals surface area contributed by atoms with E-state index in [0.29, 0.717) is 6.61 Å². The fraction of sp³-hybridized carbons (Fsp3) is 0.467. The molecule has 0 bridgehead atoms. The summed E-state index contributed by atoms with van der Waals surface area (Å²) in [6, 6.07) is 8.11. The molecular weight excluding hydrogens is 254 g/mol. The van der Waals surface area contributed by atoms with Gasteiger partial charge in [-0.15, -0.1) is 0 Å². The van der Waals surface area contributed by atoms with Crippen molar-refractivity contribution >= 4 is 23.0 Å². The van der Waals surface area contributed by atoms with E-state index in [1.807, 2.05) is 61.6 Å². The maximum Gasteiger partial charge on any atom is 0.325 e. The van der Waals surface area contributed by atoms with Crippen molar-refractivity contribution in [2.75, 3.05) is 18.1 Å². The highest BCUT2D eigenvalue weighted by Crippen LogP contribution is 2.22. The molecular formula is C15H21N3O2. The lowest BCUT2D eigenvalue weighted by Crippen LogP contribution is -2.38. The maximum absolute atomic E-state index is 11.8. The average molecular weight is 275 g/mol. The van der Waals surface area contributed by atoms with E-state index >= 15 is 0 Å². The largest absolute Gasteiger partial charge is 0.465 e. The first-order valence-electron chi connectivity index (χ1n) is 6.88. The minimum absolute atomic E-state index is 0.162. The number of hydrogen-bond donors (Lipinski definition) is 0. The van der Waals surface area contributed by atoms with Crippen molar-refractivity contribution in [1.82, 2.24) is 9.55 Å². The minimum atomic E-state index is -0.228. The Morgan fingerprint density at radius 3 is 2.70 bits per heavy atom. The molecule has 108 valence electrons. The number of benzene rings is 1. The Morgan fingerprint density at radius 1 is 1.40 bits per heavy atom. The van der Waals surface area contributed by atoms with Crippen molar-refractivity contribution in [3.8, 4) is 0 Å². The number of aromatic nitrogens is 2. The molecule has 0 spiro atoms. The Hall–Kier alpha value is -2.04. The molecule has 5 nitrogen and oxygen atoms in total. The molecule has 0 aliphatic carbocycles. The number of esters is 1. The summed E-state index contributed by atoms with van der Waals surface area (Å²) in [5.41, 5.74) is 1.98. The van der Waals surface area contributed by atoms with Gasteiger partial charge in [-0.25, -0.2) is 4.98 Å². The molecule has 0 saturated carbocycles. The number of ether oxygens (including phenoxy) is 1. The second-order valence-electron chi connectivity index (χ2n) is 4.99. The zero-order chi connectivity index (χ0) is 14.7. The van der Waals surface area contributed by atoms with E-state index in [0.717, 1.165) is 17.0 Å². The van der Waals surface area contributed by atoms with E-state index in [2.05, 4.69) is 4.98 Å². The topological polar surface area (TPSA) is 47.4 Å². The normalized spacial score (nSPS) is 11.1. The van der Waals surface area contributed by atoms with Gasteiger partial charge in [0.05, 0.1) is 17.6 Å². The standard InChI is InChI=1S/C15H21N3O2/c1-5-20-14(19)10-18(11(2)3)15-16-12-8-6-7-9-13(12)17(15)4/h6-9,11H,5,10H2,1-4H3. The smallest absolute Gasteiger partial charge is 0.325 e. The fourth-order valence-corrected chi connectivity index (χ4v) is 2.22. The molecule has 1 aromatic carbocycles. The van der Waals surface area contributed by atoms with Crippen LogP contribution in [0.4, 0.5) is 5.95 Å². The molecule has 1 heterocycles. The number of anilines is 1. The minimum Gasteiger partial charge on any atom is -0.465 e. The van der Waals surface area contributed by atoms with E-state index in [9.17, 15) is 4.79 Å². The second kappa shape index (κ2) is 5.94. The summed E-state index contributed by atoms with van der Waals surface area (Å²) in [5, 5.41) is 0. The number of para-hydroxylation sites is 2. The summed E-state index contributed by atoms with van der Waals surface area (Å²) in [4.78, 5) is 18.3. The number of nitrogens with zero attached hydrogens (tertiary/aromatic N) is 3. The summed E-state index contributed by atoms with van der Waals surface area (Å²) < 4.78 is 7.05. The number of hydrogen-bond acceptors (Lipinski definition) is 4. The molecule has 0 radical (unpaired) electrons. The number of carbonyl (C=O) groups excluding carboxylic acids is 1. The molecule has 0 saturated heterocycles. The molecule has 0 aliphatic rings. The molecule has 5 heteroatoms. The van der Waals surface area contributed by atoms with Crippen LogP contribution in [0.15, 0.2) is 24.3 Å². The van der Waals surface area contributed by atoms with E-state index < -0.39 is 0 Å². The maximum atomic E-state index is 11.8. The van der Waals surface area contributed by atoms with Gasteiger partial charge in [-0.3, -0.25) is 4.79 Å². The van der Waals surface area contributed by atoms with Crippen LogP contribution < -0.4 is 4.90 Å². The van der Waals surface area contributed by atoms with Crippen molar-refractivity contribution in [2.45, 2.75) is 26.8 Å². The third kappa shape index (κ3) is 2.76. The molecule has 1 aromatic heterocycles. The van der Waals surface area contributed by atoms with Gasteiger partial charge in [0, 0.05) is 13.1 Å². The SMILES string of the molecule is CCOC(=O)CN(c1nc2ccccc2n1C)C(C)C. The Balaban J connectivity index is 2.36. The van der Waals surface area contributed by atoms with Crippen LogP contribution in [0, 0.1) is 0 Å². The molecule has 2 aromatic rings. The summed E-state index contributed by atoms with van der Waals surface area (Å²) in [5.74, 6) is 0.558. The van der Waals surface area contributed by atoms with Gasteiger partial charge in [-0.05, 0) is 32.9 Å². The number of aryl methyl sites for hydroxylation is 1. The fourth-order valence-electron chi connectivity index (χ4n) is 2.22. The summed E-state index contributed by atoms with van der Waals surface area (Å²) in [7, 11) is 1.96. The summed E-state index contributed by atoms with van der Waals surface area (Å²) >= 11 is 0. The third-order valence-electron chi connectivity index (χ3n) is 3.25. The van der Waals surface area contributed by atoms with Crippen LogP contribution in [0.5, 0.6) is 0 Å². The van der Waals surface area contributed by atoms with Crippen LogP contribution in [0.25, 0.3) is 11.0 Å². The van der Waals surface area contributed by atoms with Crippen LogP contribution in [0.3, 0.4) is 0 Å². The third-order valence-corrected chi connectivity index (χ3v) is 3.25. The van der Waals surface area contributed by atoms with E-state index in [1.165, 1.54) is 0 Å². The van der Waals surface area contributed by atoms with Gasteiger partial charge in [0.25, 0.3) is 0 Å². The van der Waals surface area contributed by atoms with Gasteiger partial charge in [0.2, 0.25) is 5.95 Å². The molecule has 0 amide bonds. The van der Waals surface area contributed by atoms with Crippen molar-refractivity contribution in [3.63, 3.8) is 0 Å². The van der Waals surface area contributed by atoms with Crippen LogP contribution >= 0.6 is 0 Å². The molecule has 0 fully saturated rings. The molecule has 0 unspecified atom stereocenters. The summed E-state index contributed by atoms with van der Waals surface area (Å²) in [6.07, 6.45) is 0. The Bertz CT molecular complexity index is 604. The van der Waals surface area contributed by atoms with Gasteiger partial charge in [0.1, 0.15) is 6.54 Å². The summed E-state index contributed by atoms with van der Waals surface area (Å²) in [6.45, 7) is 6.50. The lowest BCUT2D eigenvalue weighted by Gasteiger charge is -2.26. The number of fused-ring (bicyclic) bond motifs is 1. The van der Waals surface area contributed by atoms with E-state index in [-0.39, 0.29) is 18.6 Å². The Labute approximate surface area is 119 Å². The Morgan fingerprint density at radius 2 is 2.10 bits per heavy atom. The van der Waals surface area contributed by atoms with Gasteiger partial charge in [-0.1, -0.05) is 12.1 Å². The van der Waals surface area contributed by atoms with Gasteiger partial charge in [-0.2, -0.15) is 0 Å². The van der Waals surface area contributed by atoms with Crippen molar-refractivity contribution in [3.05, 3.63) is 24.3 Å². The van der Waals surface area contributed by atoms with Crippen molar-refractivity contribution in [2.24, 2.45) is 7.05 Å². The zero-order valence-electron chi connectivity index (χ0n) is 12.5. The first-order chi connectivity index (χ1) is 9.54. The first kappa shape index (κ1) is 14.4. The molecule has 20 heavy (non-hydrogen) atoms. The lowest BCUT2D eigenvalue weighted by atomic mass is 10.3. The van der Waals surface area contributed by atoms with Crippen LogP contribution in [-0.4, -0.2) is 34.7 Å². The predicted octanol–water partition coefficient (Wildman–Crippen LogP) is 2.35. The number of rotatable bonds is 5. The zero-order valence-corrected chi connectivity index (χ0v) is 12.5. The van der Waals surface area contributed by atoms with Crippen LogP contribution in [-0.2, 0) is 16.6 Å². The van der Waals surface area contributed by atoms with Gasteiger partial charge in [0.15, 0.2) is 0 Å². The molecule has 2 rings (SSSR count). The number of carbonyl (C=O) groups is 1. The highest BCUT2D eigenvalue weighted by molar-refractivity contribution is 5.80. The number of imidazole rings is 1. The monoisotopic (exact) mass is 275 g/mol. The van der Waals surface area contributed by atoms with Crippen molar-refractivity contribution < 1.29 is 9.53 Å². The van der Waals surface area contributed by atoms with Crippen molar-refractivity contribution in [1.29, 1.82) is 0 Å². The Kier molecular flexibility index (Phi) is 4.27. The lowest BCUT2D eigenvalue weighted by molar-refractivity contribution is -0.141. The highest BCUT2D eigenvalue weighted by atomic mass is 16.5. The van der Waals surface area contributed by atoms with Gasteiger partial charge >= 0.3 is 5.97 Å². The van der Waals surface area contributed by atoms with Crippen LogP contribution in [0.2, 0.25) is 0 Å². The van der Waals surface area contributed by atoms with Crippen LogP contribution in [0.1, 0.15) is 20.8 Å².